The predicted molar refractivity (Wildman–Crippen MR) is 102 cm³/mol. The number of hydrogen-bond donors (Lipinski definition) is 0. The topological polar surface area (TPSA) is 43.3 Å². The molecule has 0 N–H and O–H groups in total. The van der Waals surface area contributed by atoms with Crippen LogP contribution in [0.4, 0.5) is 14.5 Å². The van der Waals surface area contributed by atoms with Crippen LogP contribution in [-0.2, 0) is 13.0 Å². The van der Waals surface area contributed by atoms with Gasteiger partial charge in [0.25, 0.3) is 0 Å². The number of fused-ring (bicyclic) bond motifs is 2. The van der Waals surface area contributed by atoms with E-state index in [1.54, 1.807) is 24.3 Å². The summed E-state index contributed by atoms with van der Waals surface area (Å²) >= 11 is 0. The van der Waals surface area contributed by atoms with Gasteiger partial charge >= 0.3 is 0 Å². The van der Waals surface area contributed by atoms with E-state index in [2.05, 4.69) is 4.57 Å². The van der Waals surface area contributed by atoms with Gasteiger partial charge in [0.05, 0.1) is 11.1 Å². The Kier molecular flexibility index (Phi) is 4.04. The highest BCUT2D eigenvalue weighted by molar-refractivity contribution is 5.79. The quantitative estimate of drug-likeness (QED) is 0.485. The maximum Gasteiger partial charge on any atom is 0.232 e. The Bertz CT molecular complexity index is 1220. The molecule has 0 aliphatic carbocycles. The van der Waals surface area contributed by atoms with Gasteiger partial charge in [0, 0.05) is 18.5 Å². The highest BCUT2D eigenvalue weighted by Crippen LogP contribution is 2.27. The number of furan rings is 1. The molecule has 1 aliphatic rings. The van der Waals surface area contributed by atoms with Crippen molar-refractivity contribution in [3.8, 4) is 11.3 Å². The highest BCUT2D eigenvalue weighted by Gasteiger charge is 2.17. The average molecular weight is 377 g/mol. The first kappa shape index (κ1) is 16.9. The molecule has 28 heavy (non-hydrogen) atoms. The SMILES string of the molecule is Fc1ccc(N=c2c3cc(-c4ccc(F)cc4)oc3nc3n2CCCC3)cc1. The normalized spacial score (nSPS) is 14.4. The smallest absolute Gasteiger partial charge is 0.232 e. The zero-order chi connectivity index (χ0) is 19.1. The summed E-state index contributed by atoms with van der Waals surface area (Å²) in [5, 5.41) is 0.786. The number of rotatable bonds is 2. The Morgan fingerprint density at radius 2 is 1.64 bits per heavy atom. The first-order valence-corrected chi connectivity index (χ1v) is 9.27. The van der Waals surface area contributed by atoms with Crippen LogP contribution in [0, 0.1) is 11.6 Å². The molecule has 140 valence electrons. The first-order valence-electron chi connectivity index (χ1n) is 9.27. The molecule has 0 unspecified atom stereocenters. The van der Waals surface area contributed by atoms with E-state index < -0.39 is 0 Å². The summed E-state index contributed by atoms with van der Waals surface area (Å²) in [6, 6.07) is 14.1. The minimum absolute atomic E-state index is 0.295. The lowest BCUT2D eigenvalue weighted by molar-refractivity contribution is 0.490. The summed E-state index contributed by atoms with van der Waals surface area (Å²) < 4.78 is 34.6. The van der Waals surface area contributed by atoms with E-state index in [1.807, 2.05) is 6.07 Å². The van der Waals surface area contributed by atoms with Crippen LogP contribution in [0.15, 0.2) is 64.0 Å². The van der Waals surface area contributed by atoms with Crippen molar-refractivity contribution in [3.05, 3.63) is 77.5 Å². The molecule has 0 atom stereocenters. The second kappa shape index (κ2) is 6.71. The largest absolute Gasteiger partial charge is 0.438 e. The van der Waals surface area contributed by atoms with Gasteiger partial charge in [-0.25, -0.2) is 13.8 Å². The van der Waals surface area contributed by atoms with Crippen molar-refractivity contribution in [1.29, 1.82) is 0 Å². The average Bonchev–Trinajstić information content (AvgIpc) is 3.14. The predicted octanol–water partition coefficient (Wildman–Crippen LogP) is 5.14. The number of halogens is 2. The van der Waals surface area contributed by atoms with Crippen molar-refractivity contribution >= 4 is 16.8 Å². The molecule has 0 bridgehead atoms. The molecule has 0 spiro atoms. The molecule has 4 nitrogen and oxygen atoms in total. The van der Waals surface area contributed by atoms with Crippen LogP contribution in [0.1, 0.15) is 18.7 Å². The number of nitrogens with zero attached hydrogens (tertiary/aromatic N) is 3. The van der Waals surface area contributed by atoms with Crippen LogP contribution >= 0.6 is 0 Å². The van der Waals surface area contributed by atoms with E-state index in [0.29, 0.717) is 17.2 Å². The highest BCUT2D eigenvalue weighted by atomic mass is 19.1. The Labute approximate surface area is 159 Å². The lowest BCUT2D eigenvalue weighted by atomic mass is 10.1. The third-order valence-electron chi connectivity index (χ3n) is 4.97. The van der Waals surface area contributed by atoms with Gasteiger partial charge in [-0.3, -0.25) is 0 Å². The molecule has 2 aromatic carbocycles. The van der Waals surface area contributed by atoms with Crippen molar-refractivity contribution in [1.82, 2.24) is 9.55 Å². The number of aryl methyl sites for hydroxylation is 1. The maximum absolute atomic E-state index is 13.3. The van der Waals surface area contributed by atoms with E-state index in [9.17, 15) is 8.78 Å². The number of aromatic nitrogens is 2. The minimum Gasteiger partial charge on any atom is -0.438 e. The van der Waals surface area contributed by atoms with Gasteiger partial charge in [0.2, 0.25) is 5.71 Å². The van der Waals surface area contributed by atoms with Crippen molar-refractivity contribution < 1.29 is 13.2 Å². The fourth-order valence-electron chi connectivity index (χ4n) is 3.56. The zero-order valence-corrected chi connectivity index (χ0v) is 15.0. The Morgan fingerprint density at radius 3 is 2.39 bits per heavy atom. The molecule has 4 aromatic rings. The molecule has 5 rings (SSSR count). The van der Waals surface area contributed by atoms with Crippen LogP contribution in [0.2, 0.25) is 0 Å². The fraction of sp³-hybridized carbons (Fsp3) is 0.182. The van der Waals surface area contributed by atoms with Crippen LogP contribution in [0.3, 0.4) is 0 Å². The van der Waals surface area contributed by atoms with Crippen molar-refractivity contribution in [3.63, 3.8) is 0 Å². The molecular weight excluding hydrogens is 360 g/mol. The van der Waals surface area contributed by atoms with E-state index in [4.69, 9.17) is 14.4 Å². The van der Waals surface area contributed by atoms with Crippen LogP contribution in [0.5, 0.6) is 0 Å². The third-order valence-corrected chi connectivity index (χ3v) is 4.97. The van der Waals surface area contributed by atoms with Gasteiger partial charge in [-0.1, -0.05) is 0 Å². The lowest BCUT2D eigenvalue weighted by Gasteiger charge is -2.18. The van der Waals surface area contributed by atoms with Crippen molar-refractivity contribution in [2.24, 2.45) is 4.99 Å². The van der Waals surface area contributed by atoms with Crippen molar-refractivity contribution in [2.75, 3.05) is 0 Å². The van der Waals surface area contributed by atoms with E-state index in [-0.39, 0.29) is 11.6 Å². The van der Waals surface area contributed by atoms with E-state index in [0.717, 1.165) is 48.1 Å². The molecule has 0 amide bonds. The Morgan fingerprint density at radius 1 is 0.929 bits per heavy atom. The van der Waals surface area contributed by atoms with Gasteiger partial charge in [-0.15, -0.1) is 0 Å². The van der Waals surface area contributed by atoms with Crippen LogP contribution in [-0.4, -0.2) is 9.55 Å². The summed E-state index contributed by atoms with van der Waals surface area (Å²) in [7, 11) is 0. The molecule has 6 heteroatoms. The molecular formula is C22H17F2N3O. The maximum atomic E-state index is 13.3. The van der Waals surface area contributed by atoms with Crippen LogP contribution in [0.25, 0.3) is 22.4 Å². The van der Waals surface area contributed by atoms with Gasteiger partial charge < -0.3 is 8.98 Å². The lowest BCUT2D eigenvalue weighted by Crippen LogP contribution is -2.28. The van der Waals surface area contributed by atoms with Crippen LogP contribution < -0.4 is 5.49 Å². The summed E-state index contributed by atoms with van der Waals surface area (Å²) in [4.78, 5) is 9.48. The van der Waals surface area contributed by atoms with E-state index in [1.165, 1.54) is 24.3 Å². The molecule has 0 fully saturated rings. The van der Waals surface area contributed by atoms with E-state index >= 15 is 0 Å². The summed E-state index contributed by atoms with van der Waals surface area (Å²) in [5.41, 5.74) is 2.70. The monoisotopic (exact) mass is 377 g/mol. The standard InChI is InChI=1S/C22H17F2N3O/c23-15-6-4-14(5-7-15)19-13-18-21(25-17-10-8-16(24)9-11-17)27-12-2-1-3-20(27)26-22(18)28-19/h4-11,13H,1-3,12H2. The molecule has 0 radical (unpaired) electrons. The van der Waals surface area contributed by atoms with Gasteiger partial charge in [-0.05, 0) is 67.4 Å². The second-order valence-electron chi connectivity index (χ2n) is 6.88. The van der Waals surface area contributed by atoms with Gasteiger partial charge in [0.1, 0.15) is 28.7 Å². The molecule has 1 aliphatic heterocycles. The third kappa shape index (κ3) is 3.01. The summed E-state index contributed by atoms with van der Waals surface area (Å²) in [5.74, 6) is 0.951. The summed E-state index contributed by atoms with van der Waals surface area (Å²) in [6.07, 6.45) is 2.98. The second-order valence-corrected chi connectivity index (χ2v) is 6.88. The fourth-order valence-corrected chi connectivity index (χ4v) is 3.56. The first-order chi connectivity index (χ1) is 13.7. The molecule has 3 heterocycles. The van der Waals surface area contributed by atoms with Gasteiger partial charge in [-0.2, -0.15) is 4.98 Å². The zero-order valence-electron chi connectivity index (χ0n) is 15.0. The van der Waals surface area contributed by atoms with Crippen molar-refractivity contribution in [2.45, 2.75) is 25.8 Å². The molecule has 0 saturated carbocycles. The van der Waals surface area contributed by atoms with Gasteiger partial charge in [0.15, 0.2) is 0 Å². The molecule has 2 aromatic heterocycles. The molecule has 0 saturated heterocycles. The summed E-state index contributed by atoms with van der Waals surface area (Å²) in [6.45, 7) is 0.829. The number of hydrogen-bond acceptors (Lipinski definition) is 3. The Balaban J connectivity index is 1.76. The minimum atomic E-state index is -0.296. The number of benzene rings is 2. The Hall–Kier alpha value is -3.28.